The molecule has 6 nitrogen and oxygen atoms in total. The monoisotopic (exact) mass is 231 g/mol. The highest BCUT2D eigenvalue weighted by atomic mass is 32.2. The first-order chi connectivity index (χ1) is 7.16. The fourth-order valence-electron chi connectivity index (χ4n) is 1.48. The summed E-state index contributed by atoms with van der Waals surface area (Å²) >= 11 is 0. The smallest absolute Gasteiger partial charge is 0.246 e. The predicted molar refractivity (Wildman–Crippen MR) is 52.6 cm³/mol. The Morgan fingerprint density at radius 1 is 1.60 bits per heavy atom. The lowest BCUT2D eigenvalue weighted by Crippen LogP contribution is -2.35. The molecule has 0 spiro atoms. The second kappa shape index (κ2) is 3.92. The van der Waals surface area contributed by atoms with Crippen molar-refractivity contribution in [1.29, 1.82) is 0 Å². The third-order valence-electron chi connectivity index (χ3n) is 2.35. The molecule has 0 radical (unpaired) electrons. The van der Waals surface area contributed by atoms with Gasteiger partial charge in [0.15, 0.2) is 0 Å². The van der Waals surface area contributed by atoms with Crippen LogP contribution in [0, 0.1) is 0 Å². The SMILES string of the molecule is O=S(=O)(c1cn[nH]c1)N(CCO)C1CC1. The van der Waals surface area contributed by atoms with Crippen molar-refractivity contribution in [2.75, 3.05) is 13.2 Å². The Labute approximate surface area is 88.0 Å². The predicted octanol–water partition coefficient (Wildman–Crippen LogP) is -0.445. The number of nitrogens with one attached hydrogen (secondary N) is 1. The lowest BCUT2D eigenvalue weighted by atomic mass is 10.6. The van der Waals surface area contributed by atoms with Gasteiger partial charge in [-0.15, -0.1) is 0 Å². The molecule has 0 aromatic carbocycles. The van der Waals surface area contributed by atoms with Crippen LogP contribution < -0.4 is 0 Å². The van der Waals surface area contributed by atoms with Crippen molar-refractivity contribution in [1.82, 2.24) is 14.5 Å². The molecule has 2 N–H and O–H groups in total. The number of nitrogens with zero attached hydrogens (tertiary/aromatic N) is 2. The van der Waals surface area contributed by atoms with E-state index in [2.05, 4.69) is 10.2 Å². The van der Waals surface area contributed by atoms with Crippen molar-refractivity contribution in [2.24, 2.45) is 0 Å². The van der Waals surface area contributed by atoms with E-state index in [0.717, 1.165) is 12.8 Å². The number of rotatable bonds is 5. The van der Waals surface area contributed by atoms with E-state index in [1.807, 2.05) is 0 Å². The second-order valence-corrected chi connectivity index (χ2v) is 5.40. The van der Waals surface area contributed by atoms with E-state index in [0.29, 0.717) is 0 Å². The van der Waals surface area contributed by atoms with Gasteiger partial charge < -0.3 is 5.11 Å². The number of aromatic amines is 1. The number of aromatic nitrogens is 2. The molecule has 1 aromatic rings. The number of H-pyrrole nitrogens is 1. The van der Waals surface area contributed by atoms with Crippen LogP contribution in [0.2, 0.25) is 0 Å². The molecule has 1 aromatic heterocycles. The summed E-state index contributed by atoms with van der Waals surface area (Å²) in [6, 6.07) is 0.0528. The Kier molecular flexibility index (Phi) is 2.76. The first-order valence-electron chi connectivity index (χ1n) is 4.78. The number of hydrogen-bond acceptors (Lipinski definition) is 4. The van der Waals surface area contributed by atoms with Gasteiger partial charge in [-0.05, 0) is 12.8 Å². The molecular formula is C8H13N3O3S. The van der Waals surface area contributed by atoms with Gasteiger partial charge in [-0.1, -0.05) is 0 Å². The number of hydrogen-bond donors (Lipinski definition) is 2. The molecule has 0 unspecified atom stereocenters. The highest BCUT2D eigenvalue weighted by Crippen LogP contribution is 2.31. The fraction of sp³-hybridized carbons (Fsp3) is 0.625. The topological polar surface area (TPSA) is 86.3 Å². The summed E-state index contributed by atoms with van der Waals surface area (Å²) in [6.07, 6.45) is 4.37. The summed E-state index contributed by atoms with van der Waals surface area (Å²) in [5.41, 5.74) is 0. The van der Waals surface area contributed by atoms with Crippen molar-refractivity contribution in [3.8, 4) is 0 Å². The van der Waals surface area contributed by atoms with Gasteiger partial charge in [0.1, 0.15) is 4.90 Å². The normalized spacial score (nSPS) is 17.2. The van der Waals surface area contributed by atoms with Crippen LogP contribution >= 0.6 is 0 Å². The molecule has 0 atom stereocenters. The summed E-state index contributed by atoms with van der Waals surface area (Å²) < 4.78 is 25.4. The Morgan fingerprint density at radius 2 is 2.33 bits per heavy atom. The third kappa shape index (κ3) is 2.04. The van der Waals surface area contributed by atoms with Crippen LogP contribution in [-0.2, 0) is 10.0 Å². The van der Waals surface area contributed by atoms with Crippen LogP contribution in [0.5, 0.6) is 0 Å². The van der Waals surface area contributed by atoms with Crippen molar-refractivity contribution >= 4 is 10.0 Å². The Morgan fingerprint density at radius 3 is 2.80 bits per heavy atom. The molecule has 0 aliphatic heterocycles. The molecule has 0 saturated heterocycles. The molecule has 1 saturated carbocycles. The summed E-state index contributed by atoms with van der Waals surface area (Å²) in [6.45, 7) is -0.00817. The van der Waals surface area contributed by atoms with E-state index < -0.39 is 10.0 Å². The minimum Gasteiger partial charge on any atom is -0.395 e. The van der Waals surface area contributed by atoms with E-state index in [4.69, 9.17) is 5.11 Å². The van der Waals surface area contributed by atoms with Crippen molar-refractivity contribution in [3.63, 3.8) is 0 Å². The van der Waals surface area contributed by atoms with Crippen molar-refractivity contribution in [2.45, 2.75) is 23.8 Å². The molecule has 0 amide bonds. The van der Waals surface area contributed by atoms with Crippen LogP contribution in [0.4, 0.5) is 0 Å². The van der Waals surface area contributed by atoms with E-state index >= 15 is 0 Å². The van der Waals surface area contributed by atoms with Crippen molar-refractivity contribution < 1.29 is 13.5 Å². The van der Waals surface area contributed by atoms with Gasteiger partial charge in [0, 0.05) is 18.8 Å². The molecule has 1 heterocycles. The number of aliphatic hydroxyl groups is 1. The zero-order valence-corrected chi connectivity index (χ0v) is 8.94. The first kappa shape index (κ1) is 10.6. The van der Waals surface area contributed by atoms with Gasteiger partial charge in [0.05, 0.1) is 12.8 Å². The minimum absolute atomic E-state index is 0.0528. The lowest BCUT2D eigenvalue weighted by molar-refractivity contribution is 0.250. The van der Waals surface area contributed by atoms with Crippen LogP contribution in [0.25, 0.3) is 0 Å². The first-order valence-corrected chi connectivity index (χ1v) is 6.22. The molecule has 2 rings (SSSR count). The van der Waals surface area contributed by atoms with Crippen LogP contribution in [0.15, 0.2) is 17.3 Å². The van der Waals surface area contributed by atoms with E-state index in [9.17, 15) is 8.42 Å². The van der Waals surface area contributed by atoms with Gasteiger partial charge in [-0.25, -0.2) is 8.42 Å². The van der Waals surface area contributed by atoms with E-state index in [-0.39, 0.29) is 24.1 Å². The summed E-state index contributed by atoms with van der Waals surface area (Å²) in [4.78, 5) is 0.155. The average Bonchev–Trinajstić information content (AvgIpc) is 2.86. The van der Waals surface area contributed by atoms with Crippen LogP contribution in [0.1, 0.15) is 12.8 Å². The highest BCUT2D eigenvalue weighted by molar-refractivity contribution is 7.89. The van der Waals surface area contributed by atoms with Gasteiger partial charge in [-0.3, -0.25) is 5.10 Å². The Balaban J connectivity index is 2.26. The van der Waals surface area contributed by atoms with Gasteiger partial charge >= 0.3 is 0 Å². The molecular weight excluding hydrogens is 218 g/mol. The van der Waals surface area contributed by atoms with Gasteiger partial charge in [0.25, 0.3) is 0 Å². The minimum atomic E-state index is -3.48. The van der Waals surface area contributed by atoms with E-state index in [1.165, 1.54) is 16.7 Å². The molecule has 1 aliphatic carbocycles. The second-order valence-electron chi connectivity index (χ2n) is 3.50. The standard InChI is InChI=1S/C8H13N3O3S/c12-4-3-11(7-1-2-7)15(13,14)8-5-9-10-6-8/h5-7,12H,1-4H2,(H,9,10). The average molecular weight is 231 g/mol. The maximum Gasteiger partial charge on any atom is 0.246 e. The van der Waals surface area contributed by atoms with E-state index in [1.54, 1.807) is 0 Å². The van der Waals surface area contributed by atoms with Gasteiger partial charge in [0.2, 0.25) is 10.0 Å². The molecule has 15 heavy (non-hydrogen) atoms. The lowest BCUT2D eigenvalue weighted by Gasteiger charge is -2.19. The quantitative estimate of drug-likeness (QED) is 0.719. The molecule has 7 heteroatoms. The number of aliphatic hydroxyl groups excluding tert-OH is 1. The molecule has 0 bridgehead atoms. The maximum atomic E-state index is 12.0. The zero-order valence-electron chi connectivity index (χ0n) is 8.13. The largest absolute Gasteiger partial charge is 0.395 e. The third-order valence-corrected chi connectivity index (χ3v) is 4.27. The zero-order chi connectivity index (χ0) is 10.9. The summed E-state index contributed by atoms with van der Waals surface area (Å²) in [5, 5.41) is 14.9. The van der Waals surface area contributed by atoms with Gasteiger partial charge in [-0.2, -0.15) is 9.40 Å². The Bertz CT molecular complexity index is 410. The Hall–Kier alpha value is -0.920. The maximum absolute atomic E-state index is 12.0. The molecule has 84 valence electrons. The number of sulfonamides is 1. The molecule has 1 aliphatic rings. The van der Waals surface area contributed by atoms with Crippen molar-refractivity contribution in [3.05, 3.63) is 12.4 Å². The van der Waals surface area contributed by atoms with Crippen LogP contribution in [-0.4, -0.2) is 47.2 Å². The van der Waals surface area contributed by atoms with Crippen LogP contribution in [0.3, 0.4) is 0 Å². The molecule has 1 fully saturated rings. The fourth-order valence-corrected chi connectivity index (χ4v) is 3.06. The summed E-state index contributed by atoms with van der Waals surface area (Å²) in [5.74, 6) is 0. The highest BCUT2D eigenvalue weighted by Gasteiger charge is 2.37. The summed E-state index contributed by atoms with van der Waals surface area (Å²) in [7, 11) is -3.48.